The first-order chi connectivity index (χ1) is 11.5. The van der Waals surface area contributed by atoms with Crippen LogP contribution < -0.4 is 0 Å². The first-order valence-electron chi connectivity index (χ1n) is 7.52. The Hall–Kier alpha value is -2.41. The van der Waals surface area contributed by atoms with Gasteiger partial charge < -0.3 is 19.8 Å². The molecule has 1 aliphatic carbocycles. The summed E-state index contributed by atoms with van der Waals surface area (Å²) in [7, 11) is 2.36. The fourth-order valence-corrected chi connectivity index (χ4v) is 3.46. The molecule has 0 aliphatic heterocycles. The number of hydrogen-bond donors (Lipinski definition) is 2. The van der Waals surface area contributed by atoms with Crippen molar-refractivity contribution in [2.75, 3.05) is 20.8 Å². The average molecular weight is 335 g/mol. The summed E-state index contributed by atoms with van der Waals surface area (Å²) >= 11 is 0. The highest BCUT2D eigenvalue weighted by molar-refractivity contribution is 6.12. The van der Waals surface area contributed by atoms with Crippen LogP contribution in [0.15, 0.2) is 29.4 Å². The molecule has 0 unspecified atom stereocenters. The Kier molecular flexibility index (Phi) is 5.23. The van der Waals surface area contributed by atoms with Crippen molar-refractivity contribution in [1.29, 1.82) is 0 Å². The number of nitrogens with zero attached hydrogens (tertiary/aromatic N) is 1. The standard InChI is InChI=1S/C17H21NO6/c1-10-4-6-11(7-5-10)13-14(18-22)12(9-19)8-17(13,15(20)23-2)16(21)24-3/h4-7,12-13,19,22H,8-9H2,1-3H3/b18-14+/t12-,13-/m0/s1. The maximum Gasteiger partial charge on any atom is 0.324 e. The molecule has 0 saturated heterocycles. The highest BCUT2D eigenvalue weighted by Crippen LogP contribution is 2.52. The zero-order valence-electron chi connectivity index (χ0n) is 13.9. The van der Waals surface area contributed by atoms with Crippen molar-refractivity contribution in [2.24, 2.45) is 16.5 Å². The fourth-order valence-electron chi connectivity index (χ4n) is 3.46. The van der Waals surface area contributed by atoms with Gasteiger partial charge in [0.1, 0.15) is 0 Å². The molecule has 130 valence electrons. The number of ether oxygens (including phenoxy) is 2. The van der Waals surface area contributed by atoms with Crippen LogP contribution in [-0.2, 0) is 19.1 Å². The van der Waals surface area contributed by atoms with Crippen molar-refractivity contribution < 1.29 is 29.4 Å². The SMILES string of the molecule is COC(=O)C1(C(=O)OC)C[C@@H](CO)/C(=N\O)[C@@H]1c1ccc(C)cc1. The van der Waals surface area contributed by atoms with Crippen LogP contribution in [0.5, 0.6) is 0 Å². The topological polar surface area (TPSA) is 105 Å². The van der Waals surface area contributed by atoms with E-state index in [1.807, 2.05) is 19.1 Å². The molecule has 0 radical (unpaired) electrons. The molecule has 0 amide bonds. The van der Waals surface area contributed by atoms with Gasteiger partial charge in [0.2, 0.25) is 0 Å². The van der Waals surface area contributed by atoms with E-state index in [1.165, 1.54) is 14.2 Å². The number of rotatable bonds is 4. The lowest BCUT2D eigenvalue weighted by Gasteiger charge is -2.29. The van der Waals surface area contributed by atoms with Crippen molar-refractivity contribution in [1.82, 2.24) is 0 Å². The quantitative estimate of drug-likeness (QED) is 0.371. The van der Waals surface area contributed by atoms with Gasteiger partial charge in [0.05, 0.1) is 32.5 Å². The number of aliphatic hydroxyl groups excluding tert-OH is 1. The van der Waals surface area contributed by atoms with E-state index in [0.29, 0.717) is 5.56 Å². The van der Waals surface area contributed by atoms with E-state index in [1.54, 1.807) is 12.1 Å². The molecule has 1 aliphatic rings. The third-order valence-corrected chi connectivity index (χ3v) is 4.62. The van der Waals surface area contributed by atoms with E-state index in [-0.39, 0.29) is 18.7 Å². The predicted octanol–water partition coefficient (Wildman–Crippen LogP) is 1.25. The van der Waals surface area contributed by atoms with Gasteiger partial charge in [0.25, 0.3) is 0 Å². The fraction of sp³-hybridized carbons (Fsp3) is 0.471. The van der Waals surface area contributed by atoms with Crippen LogP contribution in [0, 0.1) is 18.3 Å². The van der Waals surface area contributed by atoms with Crippen molar-refractivity contribution in [3.05, 3.63) is 35.4 Å². The summed E-state index contributed by atoms with van der Waals surface area (Å²) in [5.74, 6) is -3.09. The zero-order chi connectivity index (χ0) is 17.9. The Bertz CT molecular complexity index is 636. The average Bonchev–Trinajstić information content (AvgIpc) is 2.96. The normalized spacial score (nSPS) is 23.9. The summed E-state index contributed by atoms with van der Waals surface area (Å²) in [5, 5.41) is 22.4. The van der Waals surface area contributed by atoms with E-state index in [9.17, 15) is 19.9 Å². The molecular formula is C17H21NO6. The van der Waals surface area contributed by atoms with Gasteiger partial charge in [-0.05, 0) is 18.9 Å². The zero-order valence-corrected chi connectivity index (χ0v) is 13.9. The van der Waals surface area contributed by atoms with E-state index >= 15 is 0 Å². The van der Waals surface area contributed by atoms with E-state index in [4.69, 9.17) is 9.47 Å². The van der Waals surface area contributed by atoms with Gasteiger partial charge in [0, 0.05) is 5.92 Å². The minimum Gasteiger partial charge on any atom is -0.468 e. The van der Waals surface area contributed by atoms with E-state index in [0.717, 1.165) is 5.56 Å². The Balaban J connectivity index is 2.71. The van der Waals surface area contributed by atoms with Crippen LogP contribution in [0.2, 0.25) is 0 Å². The van der Waals surface area contributed by atoms with Gasteiger partial charge >= 0.3 is 11.9 Å². The van der Waals surface area contributed by atoms with Crippen LogP contribution in [0.25, 0.3) is 0 Å². The number of oxime groups is 1. The molecule has 0 spiro atoms. The predicted molar refractivity (Wildman–Crippen MR) is 84.8 cm³/mol. The van der Waals surface area contributed by atoms with Crippen molar-refractivity contribution >= 4 is 17.7 Å². The van der Waals surface area contributed by atoms with E-state index in [2.05, 4.69) is 5.16 Å². The molecule has 24 heavy (non-hydrogen) atoms. The Morgan fingerprint density at radius 2 is 1.75 bits per heavy atom. The molecule has 0 bridgehead atoms. The van der Waals surface area contributed by atoms with Crippen LogP contribution in [-0.4, -0.2) is 48.8 Å². The molecule has 1 saturated carbocycles. The Morgan fingerprint density at radius 1 is 1.21 bits per heavy atom. The van der Waals surface area contributed by atoms with Gasteiger partial charge in [-0.15, -0.1) is 0 Å². The molecule has 1 fully saturated rings. The highest BCUT2D eigenvalue weighted by atomic mass is 16.5. The second-order valence-electron chi connectivity index (χ2n) is 5.91. The van der Waals surface area contributed by atoms with Gasteiger partial charge in [-0.25, -0.2) is 0 Å². The van der Waals surface area contributed by atoms with Crippen LogP contribution in [0.4, 0.5) is 0 Å². The smallest absolute Gasteiger partial charge is 0.324 e. The Labute approximate surface area is 139 Å². The number of methoxy groups -OCH3 is 2. The summed E-state index contributed by atoms with van der Waals surface area (Å²) in [6.45, 7) is 1.54. The van der Waals surface area contributed by atoms with Gasteiger partial charge in [0.15, 0.2) is 5.41 Å². The number of aliphatic hydroxyl groups is 1. The molecule has 0 heterocycles. The third-order valence-electron chi connectivity index (χ3n) is 4.62. The maximum atomic E-state index is 12.6. The largest absolute Gasteiger partial charge is 0.468 e. The second-order valence-corrected chi connectivity index (χ2v) is 5.91. The second kappa shape index (κ2) is 7.00. The summed E-state index contributed by atoms with van der Waals surface area (Å²) < 4.78 is 9.73. The molecule has 0 aromatic heterocycles. The van der Waals surface area contributed by atoms with Crippen molar-refractivity contribution in [3.8, 4) is 0 Å². The maximum absolute atomic E-state index is 12.6. The number of carbonyl (C=O) groups is 2. The lowest BCUT2D eigenvalue weighted by atomic mass is 9.73. The van der Waals surface area contributed by atoms with E-state index < -0.39 is 29.2 Å². The number of benzene rings is 1. The molecular weight excluding hydrogens is 314 g/mol. The molecule has 2 atom stereocenters. The molecule has 2 rings (SSSR count). The molecule has 1 aromatic carbocycles. The number of esters is 2. The third kappa shape index (κ3) is 2.65. The summed E-state index contributed by atoms with van der Waals surface area (Å²) in [6, 6.07) is 7.17. The van der Waals surface area contributed by atoms with Crippen LogP contribution in [0.3, 0.4) is 0 Å². The monoisotopic (exact) mass is 335 g/mol. The Morgan fingerprint density at radius 3 is 2.17 bits per heavy atom. The summed E-state index contributed by atoms with van der Waals surface area (Å²) in [4.78, 5) is 25.1. The molecule has 2 N–H and O–H groups in total. The van der Waals surface area contributed by atoms with Gasteiger partial charge in [-0.2, -0.15) is 0 Å². The van der Waals surface area contributed by atoms with Gasteiger partial charge in [-0.3, -0.25) is 9.59 Å². The van der Waals surface area contributed by atoms with Crippen LogP contribution in [0.1, 0.15) is 23.5 Å². The van der Waals surface area contributed by atoms with Crippen molar-refractivity contribution in [2.45, 2.75) is 19.3 Å². The lowest BCUT2D eigenvalue weighted by molar-refractivity contribution is -0.169. The summed E-state index contributed by atoms with van der Waals surface area (Å²) in [6.07, 6.45) is -0.0548. The number of hydrogen-bond acceptors (Lipinski definition) is 7. The minimum absolute atomic E-state index is 0.0548. The number of carbonyl (C=O) groups excluding carboxylic acids is 2. The number of aryl methyl sites for hydroxylation is 1. The molecule has 7 heteroatoms. The lowest BCUT2D eigenvalue weighted by Crippen LogP contribution is -2.44. The molecule has 1 aromatic rings. The first-order valence-corrected chi connectivity index (χ1v) is 7.52. The van der Waals surface area contributed by atoms with Crippen molar-refractivity contribution in [3.63, 3.8) is 0 Å². The highest BCUT2D eigenvalue weighted by Gasteiger charge is 2.63. The molecule has 7 nitrogen and oxygen atoms in total. The van der Waals surface area contributed by atoms with Crippen LogP contribution >= 0.6 is 0 Å². The van der Waals surface area contributed by atoms with Gasteiger partial charge in [-0.1, -0.05) is 35.0 Å². The minimum atomic E-state index is -1.70. The first kappa shape index (κ1) is 17.9. The summed E-state index contributed by atoms with van der Waals surface area (Å²) in [5.41, 5.74) is 0.0743.